The van der Waals surface area contributed by atoms with Crippen LogP contribution in [0.5, 0.6) is 0 Å². The van der Waals surface area contributed by atoms with Gasteiger partial charge in [-0.1, -0.05) is 32.9 Å². The van der Waals surface area contributed by atoms with Crippen molar-refractivity contribution in [3.8, 4) is 0 Å². The second-order valence-electron chi connectivity index (χ2n) is 4.89. The Labute approximate surface area is 103 Å². The quantitative estimate of drug-likeness (QED) is 0.870. The molecule has 0 amide bonds. The lowest BCUT2D eigenvalue weighted by Crippen LogP contribution is -1.97. The van der Waals surface area contributed by atoms with E-state index in [4.69, 9.17) is 10.2 Å². The van der Waals surface area contributed by atoms with E-state index in [2.05, 4.69) is 39.8 Å². The monoisotopic (exact) mass is 231 g/mol. The van der Waals surface area contributed by atoms with Crippen LogP contribution in [-0.4, -0.2) is 0 Å². The number of nitrogens with two attached hydrogens (primary N) is 1. The number of rotatable bonds is 3. The summed E-state index contributed by atoms with van der Waals surface area (Å²) in [5.41, 5.74) is 10.7. The standard InChI is InChI=1S/C15H21NO/c1-5-11-13(8-16)17-15-12(9(2)3)7-6-10(4)14(11)15/h6-7,9H,5,8,16H2,1-4H3. The molecule has 1 aromatic carbocycles. The molecule has 0 aliphatic heterocycles. The van der Waals surface area contributed by atoms with Gasteiger partial charge in [0.2, 0.25) is 0 Å². The molecule has 0 atom stereocenters. The molecule has 0 radical (unpaired) electrons. The second kappa shape index (κ2) is 4.53. The number of furan rings is 1. The fourth-order valence-electron chi connectivity index (χ4n) is 2.50. The highest BCUT2D eigenvalue weighted by Crippen LogP contribution is 2.34. The number of hydrogen-bond acceptors (Lipinski definition) is 2. The molecule has 2 aromatic rings. The Morgan fingerprint density at radius 3 is 2.53 bits per heavy atom. The molecule has 1 aromatic heterocycles. The van der Waals surface area contributed by atoms with Gasteiger partial charge in [0.05, 0.1) is 6.54 Å². The van der Waals surface area contributed by atoms with Crippen LogP contribution >= 0.6 is 0 Å². The van der Waals surface area contributed by atoms with Gasteiger partial charge in [0.1, 0.15) is 11.3 Å². The molecule has 2 rings (SSSR count). The van der Waals surface area contributed by atoms with Crippen LogP contribution in [-0.2, 0) is 13.0 Å². The van der Waals surface area contributed by atoms with Crippen molar-refractivity contribution >= 4 is 11.0 Å². The van der Waals surface area contributed by atoms with E-state index in [1.807, 2.05) is 0 Å². The third-order valence-corrected chi connectivity index (χ3v) is 3.42. The molecule has 0 unspecified atom stereocenters. The Balaban J connectivity index is 2.84. The van der Waals surface area contributed by atoms with Gasteiger partial charge in [-0.3, -0.25) is 0 Å². The Kier molecular flexibility index (Phi) is 3.25. The molecule has 2 nitrogen and oxygen atoms in total. The van der Waals surface area contributed by atoms with Gasteiger partial charge >= 0.3 is 0 Å². The number of benzene rings is 1. The minimum Gasteiger partial charge on any atom is -0.459 e. The van der Waals surface area contributed by atoms with E-state index in [1.165, 1.54) is 22.1 Å². The minimum atomic E-state index is 0.472. The van der Waals surface area contributed by atoms with Crippen LogP contribution in [0.15, 0.2) is 16.5 Å². The van der Waals surface area contributed by atoms with E-state index in [1.54, 1.807) is 0 Å². The highest BCUT2D eigenvalue weighted by Gasteiger charge is 2.17. The summed E-state index contributed by atoms with van der Waals surface area (Å²) in [7, 11) is 0. The smallest absolute Gasteiger partial charge is 0.138 e. The van der Waals surface area contributed by atoms with Crippen molar-refractivity contribution in [3.63, 3.8) is 0 Å². The molecule has 0 aliphatic carbocycles. The summed E-state index contributed by atoms with van der Waals surface area (Å²) in [6.45, 7) is 9.17. The van der Waals surface area contributed by atoms with E-state index in [-0.39, 0.29) is 0 Å². The van der Waals surface area contributed by atoms with Crippen molar-refractivity contribution in [2.24, 2.45) is 5.73 Å². The maximum absolute atomic E-state index is 5.99. The zero-order valence-electron chi connectivity index (χ0n) is 11.1. The molecule has 0 bridgehead atoms. The molecule has 17 heavy (non-hydrogen) atoms. The first-order valence-electron chi connectivity index (χ1n) is 6.33. The van der Waals surface area contributed by atoms with Crippen LogP contribution in [0.1, 0.15) is 49.1 Å². The molecular weight excluding hydrogens is 210 g/mol. The summed E-state index contributed by atoms with van der Waals surface area (Å²) in [4.78, 5) is 0. The van der Waals surface area contributed by atoms with Crippen molar-refractivity contribution in [2.45, 2.75) is 46.6 Å². The molecular formula is C15H21NO. The van der Waals surface area contributed by atoms with E-state index in [0.717, 1.165) is 17.8 Å². The summed E-state index contributed by atoms with van der Waals surface area (Å²) < 4.78 is 5.99. The third-order valence-electron chi connectivity index (χ3n) is 3.42. The van der Waals surface area contributed by atoms with E-state index in [0.29, 0.717) is 12.5 Å². The lowest BCUT2D eigenvalue weighted by molar-refractivity contribution is 0.541. The fraction of sp³-hybridized carbons (Fsp3) is 0.467. The maximum atomic E-state index is 5.99. The molecule has 92 valence electrons. The molecule has 2 N–H and O–H groups in total. The topological polar surface area (TPSA) is 39.2 Å². The van der Waals surface area contributed by atoms with Gasteiger partial charge in [-0.05, 0) is 30.4 Å². The van der Waals surface area contributed by atoms with Gasteiger partial charge in [0.15, 0.2) is 0 Å². The Morgan fingerprint density at radius 1 is 1.29 bits per heavy atom. The summed E-state index contributed by atoms with van der Waals surface area (Å²) in [6.07, 6.45) is 0.974. The average Bonchev–Trinajstić information content (AvgIpc) is 2.68. The van der Waals surface area contributed by atoms with E-state index >= 15 is 0 Å². The second-order valence-corrected chi connectivity index (χ2v) is 4.89. The Hall–Kier alpha value is -1.28. The van der Waals surface area contributed by atoms with Crippen LogP contribution in [0.25, 0.3) is 11.0 Å². The molecule has 0 spiro atoms. The average molecular weight is 231 g/mol. The summed E-state index contributed by atoms with van der Waals surface area (Å²) in [5.74, 6) is 1.42. The van der Waals surface area contributed by atoms with Crippen LogP contribution < -0.4 is 5.73 Å². The maximum Gasteiger partial charge on any atom is 0.138 e. The number of aryl methyl sites for hydroxylation is 2. The largest absolute Gasteiger partial charge is 0.459 e. The lowest BCUT2D eigenvalue weighted by Gasteiger charge is -2.07. The van der Waals surface area contributed by atoms with Crippen molar-refractivity contribution in [1.29, 1.82) is 0 Å². The first-order chi connectivity index (χ1) is 8.10. The van der Waals surface area contributed by atoms with Gasteiger partial charge in [0.25, 0.3) is 0 Å². The van der Waals surface area contributed by atoms with Gasteiger partial charge in [-0.2, -0.15) is 0 Å². The zero-order valence-corrected chi connectivity index (χ0v) is 11.1. The zero-order chi connectivity index (χ0) is 12.6. The fourth-order valence-corrected chi connectivity index (χ4v) is 2.50. The molecule has 0 saturated carbocycles. The normalized spacial score (nSPS) is 11.6. The van der Waals surface area contributed by atoms with Crippen LogP contribution in [0, 0.1) is 6.92 Å². The van der Waals surface area contributed by atoms with Crippen LogP contribution in [0.4, 0.5) is 0 Å². The summed E-state index contributed by atoms with van der Waals surface area (Å²) >= 11 is 0. The van der Waals surface area contributed by atoms with Gasteiger partial charge < -0.3 is 10.2 Å². The van der Waals surface area contributed by atoms with Crippen molar-refractivity contribution in [2.75, 3.05) is 0 Å². The lowest BCUT2D eigenvalue weighted by atomic mass is 9.96. The van der Waals surface area contributed by atoms with Crippen molar-refractivity contribution in [1.82, 2.24) is 0 Å². The molecule has 0 aliphatic rings. The minimum absolute atomic E-state index is 0.472. The van der Waals surface area contributed by atoms with E-state index in [9.17, 15) is 0 Å². The summed E-state index contributed by atoms with van der Waals surface area (Å²) in [6, 6.07) is 4.36. The van der Waals surface area contributed by atoms with Crippen molar-refractivity contribution < 1.29 is 4.42 Å². The molecule has 0 saturated heterocycles. The molecule has 2 heteroatoms. The molecule has 0 fully saturated rings. The predicted molar refractivity (Wildman–Crippen MR) is 72.3 cm³/mol. The Bertz CT molecular complexity index is 537. The Morgan fingerprint density at radius 2 is 2.00 bits per heavy atom. The SMILES string of the molecule is CCc1c(CN)oc2c(C(C)C)ccc(C)c12. The van der Waals surface area contributed by atoms with Gasteiger partial charge in [-0.15, -0.1) is 0 Å². The highest BCUT2D eigenvalue weighted by molar-refractivity contribution is 5.88. The van der Waals surface area contributed by atoms with Crippen LogP contribution in [0.2, 0.25) is 0 Å². The van der Waals surface area contributed by atoms with Crippen LogP contribution in [0.3, 0.4) is 0 Å². The number of fused-ring (bicyclic) bond motifs is 1. The summed E-state index contributed by atoms with van der Waals surface area (Å²) in [5, 5.41) is 1.28. The first kappa shape index (κ1) is 12.2. The predicted octanol–water partition coefficient (Wildman–Crippen LogP) is 3.89. The third kappa shape index (κ3) is 1.87. The molecule has 1 heterocycles. The van der Waals surface area contributed by atoms with Crippen molar-refractivity contribution in [3.05, 3.63) is 34.6 Å². The van der Waals surface area contributed by atoms with Gasteiger partial charge in [0, 0.05) is 10.9 Å². The number of hydrogen-bond donors (Lipinski definition) is 1. The van der Waals surface area contributed by atoms with Gasteiger partial charge in [-0.25, -0.2) is 0 Å². The first-order valence-corrected chi connectivity index (χ1v) is 6.33. The highest BCUT2D eigenvalue weighted by atomic mass is 16.3. The van der Waals surface area contributed by atoms with E-state index < -0.39 is 0 Å².